The highest BCUT2D eigenvalue weighted by Gasteiger charge is 2.16. The number of thiazole rings is 1. The summed E-state index contributed by atoms with van der Waals surface area (Å²) >= 11 is 1.56. The predicted molar refractivity (Wildman–Crippen MR) is 76.1 cm³/mol. The lowest BCUT2D eigenvalue weighted by atomic mass is 10.5. The standard InChI is InChI=1S/C13H13N5O2S/c1-3-10-15-9(7-21-10)6-20-12(19)11-16-13-14-5-4-8(2)18(13)17-11/h4-5,7H,3,6H2,1-2H3. The Morgan fingerprint density at radius 2 is 2.29 bits per heavy atom. The molecule has 0 fully saturated rings. The third-order valence-corrected chi connectivity index (χ3v) is 3.91. The highest BCUT2D eigenvalue weighted by Crippen LogP contribution is 2.12. The number of ether oxygens (including phenoxy) is 1. The molecule has 3 aromatic heterocycles. The number of rotatable bonds is 4. The molecule has 0 spiro atoms. The second-order valence-corrected chi connectivity index (χ2v) is 5.34. The summed E-state index contributed by atoms with van der Waals surface area (Å²) in [5, 5.41) is 7.00. The lowest BCUT2D eigenvalue weighted by Gasteiger charge is -1.98. The van der Waals surface area contributed by atoms with E-state index in [1.165, 1.54) is 4.52 Å². The van der Waals surface area contributed by atoms with Gasteiger partial charge in [-0.3, -0.25) is 0 Å². The number of nitrogens with zero attached hydrogens (tertiary/aromatic N) is 5. The number of hydrogen-bond acceptors (Lipinski definition) is 7. The molecule has 3 aromatic rings. The third-order valence-electron chi connectivity index (χ3n) is 2.87. The number of fused-ring (bicyclic) bond motifs is 1. The molecule has 0 aliphatic rings. The van der Waals surface area contributed by atoms with Crippen molar-refractivity contribution in [1.82, 2.24) is 24.6 Å². The fourth-order valence-electron chi connectivity index (χ4n) is 1.77. The van der Waals surface area contributed by atoms with Gasteiger partial charge in [-0.15, -0.1) is 16.4 Å². The molecule has 0 aliphatic heterocycles. The third kappa shape index (κ3) is 2.75. The first kappa shape index (κ1) is 13.6. The molecule has 0 N–H and O–H groups in total. The van der Waals surface area contributed by atoms with Crippen LogP contribution < -0.4 is 0 Å². The molecule has 3 rings (SSSR count). The minimum atomic E-state index is -0.578. The molecule has 0 bridgehead atoms. The van der Waals surface area contributed by atoms with Gasteiger partial charge >= 0.3 is 5.97 Å². The van der Waals surface area contributed by atoms with Gasteiger partial charge in [0, 0.05) is 17.3 Å². The summed E-state index contributed by atoms with van der Waals surface area (Å²) in [5.74, 6) is -0.197. The second kappa shape index (κ2) is 5.57. The van der Waals surface area contributed by atoms with Gasteiger partial charge in [-0.05, 0) is 19.4 Å². The molecule has 7 nitrogen and oxygen atoms in total. The SMILES string of the molecule is CCc1nc(COC(=O)c2nc3nccc(C)n3n2)cs1. The Morgan fingerprint density at radius 1 is 1.43 bits per heavy atom. The zero-order chi connectivity index (χ0) is 14.8. The number of esters is 1. The van der Waals surface area contributed by atoms with Crippen LogP contribution in [0.2, 0.25) is 0 Å². The molecule has 0 amide bonds. The predicted octanol–water partition coefficient (Wildman–Crippen LogP) is 1.81. The zero-order valence-corrected chi connectivity index (χ0v) is 12.4. The molecule has 8 heteroatoms. The molecule has 21 heavy (non-hydrogen) atoms. The molecule has 0 radical (unpaired) electrons. The van der Waals surface area contributed by atoms with Crippen molar-refractivity contribution in [3.8, 4) is 0 Å². The van der Waals surface area contributed by atoms with E-state index in [0.29, 0.717) is 5.78 Å². The van der Waals surface area contributed by atoms with Gasteiger partial charge in [-0.25, -0.2) is 19.3 Å². The maximum absolute atomic E-state index is 12.0. The van der Waals surface area contributed by atoms with Gasteiger partial charge in [0.05, 0.1) is 10.7 Å². The smallest absolute Gasteiger partial charge is 0.378 e. The molecule has 108 valence electrons. The lowest BCUT2D eigenvalue weighted by Crippen LogP contribution is -2.08. The Labute approximate surface area is 124 Å². The van der Waals surface area contributed by atoms with Crippen LogP contribution in [0.4, 0.5) is 0 Å². The van der Waals surface area contributed by atoms with E-state index in [4.69, 9.17) is 4.74 Å². The van der Waals surface area contributed by atoms with Crippen LogP contribution >= 0.6 is 11.3 Å². The monoisotopic (exact) mass is 303 g/mol. The molecule has 0 saturated heterocycles. The van der Waals surface area contributed by atoms with Gasteiger partial charge in [0.2, 0.25) is 0 Å². The number of hydrogen-bond donors (Lipinski definition) is 0. The van der Waals surface area contributed by atoms with Crippen LogP contribution in [0.1, 0.15) is 33.9 Å². The van der Waals surface area contributed by atoms with Gasteiger partial charge in [0.1, 0.15) is 6.61 Å². The van der Waals surface area contributed by atoms with E-state index in [-0.39, 0.29) is 12.4 Å². The van der Waals surface area contributed by atoms with Crippen LogP contribution in [0.5, 0.6) is 0 Å². The Kier molecular flexibility index (Phi) is 3.61. The normalized spacial score (nSPS) is 11.0. The first-order chi connectivity index (χ1) is 10.2. The number of carbonyl (C=O) groups is 1. The average Bonchev–Trinajstić information content (AvgIpc) is 3.12. The van der Waals surface area contributed by atoms with E-state index in [1.54, 1.807) is 23.6 Å². The minimum Gasteiger partial charge on any atom is -0.453 e. The van der Waals surface area contributed by atoms with Crippen molar-refractivity contribution in [1.29, 1.82) is 0 Å². The van der Waals surface area contributed by atoms with Gasteiger partial charge in [0.25, 0.3) is 11.6 Å². The first-order valence-corrected chi connectivity index (χ1v) is 7.34. The minimum absolute atomic E-state index is 0.00254. The molecular formula is C13H13N5O2S. The largest absolute Gasteiger partial charge is 0.453 e. The molecule has 0 aromatic carbocycles. The number of aromatic nitrogens is 5. The van der Waals surface area contributed by atoms with Gasteiger partial charge < -0.3 is 4.74 Å². The van der Waals surface area contributed by atoms with Crippen molar-refractivity contribution >= 4 is 23.1 Å². The lowest BCUT2D eigenvalue weighted by molar-refractivity contribution is 0.0454. The van der Waals surface area contributed by atoms with Gasteiger partial charge in [-0.1, -0.05) is 6.92 Å². The van der Waals surface area contributed by atoms with E-state index in [2.05, 4.69) is 20.1 Å². The van der Waals surface area contributed by atoms with Crippen molar-refractivity contribution in [2.45, 2.75) is 26.9 Å². The fraction of sp³-hybridized carbons (Fsp3) is 0.308. The molecule has 0 aliphatic carbocycles. The Hall–Kier alpha value is -2.35. The molecular weight excluding hydrogens is 290 g/mol. The summed E-state index contributed by atoms with van der Waals surface area (Å²) in [7, 11) is 0. The first-order valence-electron chi connectivity index (χ1n) is 6.46. The van der Waals surface area contributed by atoms with Crippen molar-refractivity contribution in [3.05, 3.63) is 39.9 Å². The van der Waals surface area contributed by atoms with Crippen LogP contribution in [0.3, 0.4) is 0 Å². The number of carbonyl (C=O) groups excluding carboxylic acids is 1. The van der Waals surface area contributed by atoms with Crippen molar-refractivity contribution in [2.24, 2.45) is 0 Å². The summed E-state index contributed by atoms with van der Waals surface area (Å²) in [6, 6.07) is 1.79. The zero-order valence-electron chi connectivity index (χ0n) is 11.6. The summed E-state index contributed by atoms with van der Waals surface area (Å²) < 4.78 is 6.69. The Morgan fingerprint density at radius 3 is 3.00 bits per heavy atom. The summed E-state index contributed by atoms with van der Waals surface area (Å²) in [5.41, 5.74) is 1.59. The van der Waals surface area contributed by atoms with Gasteiger partial charge in [0.15, 0.2) is 0 Å². The summed E-state index contributed by atoms with van der Waals surface area (Å²) in [6.45, 7) is 4.02. The molecule has 0 unspecified atom stereocenters. The van der Waals surface area contributed by atoms with Crippen molar-refractivity contribution < 1.29 is 9.53 Å². The molecule has 0 atom stereocenters. The molecule has 3 heterocycles. The maximum Gasteiger partial charge on any atom is 0.378 e. The van der Waals surface area contributed by atoms with Crippen LogP contribution in [0.15, 0.2) is 17.6 Å². The topological polar surface area (TPSA) is 82.3 Å². The van der Waals surface area contributed by atoms with E-state index in [0.717, 1.165) is 22.8 Å². The van der Waals surface area contributed by atoms with Crippen LogP contribution in [-0.4, -0.2) is 30.5 Å². The highest BCUT2D eigenvalue weighted by molar-refractivity contribution is 7.09. The average molecular weight is 303 g/mol. The van der Waals surface area contributed by atoms with Crippen molar-refractivity contribution in [3.63, 3.8) is 0 Å². The quantitative estimate of drug-likeness (QED) is 0.684. The summed E-state index contributed by atoms with van der Waals surface area (Å²) in [4.78, 5) is 24.4. The van der Waals surface area contributed by atoms with E-state index >= 15 is 0 Å². The second-order valence-electron chi connectivity index (χ2n) is 4.40. The Bertz CT molecular complexity index is 795. The Balaban J connectivity index is 1.73. The van der Waals surface area contributed by atoms with Crippen LogP contribution in [-0.2, 0) is 17.8 Å². The highest BCUT2D eigenvalue weighted by atomic mass is 32.1. The van der Waals surface area contributed by atoms with Crippen LogP contribution in [0.25, 0.3) is 5.78 Å². The van der Waals surface area contributed by atoms with Crippen LogP contribution in [0, 0.1) is 6.92 Å². The fourth-order valence-corrected chi connectivity index (χ4v) is 2.50. The molecule has 0 saturated carbocycles. The van der Waals surface area contributed by atoms with E-state index < -0.39 is 5.97 Å². The maximum atomic E-state index is 12.0. The van der Waals surface area contributed by atoms with Gasteiger partial charge in [-0.2, -0.15) is 4.98 Å². The van der Waals surface area contributed by atoms with E-state index in [9.17, 15) is 4.79 Å². The number of aryl methyl sites for hydroxylation is 2. The van der Waals surface area contributed by atoms with Crippen molar-refractivity contribution in [2.75, 3.05) is 0 Å². The van der Waals surface area contributed by atoms with E-state index in [1.807, 2.05) is 19.2 Å². The summed E-state index contributed by atoms with van der Waals surface area (Å²) in [6.07, 6.45) is 2.49.